The topological polar surface area (TPSA) is 50.9 Å². The van der Waals surface area contributed by atoms with Gasteiger partial charge in [0.15, 0.2) is 0 Å². The number of nitrogens with zero attached hydrogens (tertiary/aromatic N) is 3. The molecule has 0 saturated heterocycles. The smallest absolute Gasteiger partial charge is 0.148 e. The largest absolute Gasteiger partial charge is 0.507 e. The molecule has 1 N–H and O–H groups in total. The van der Waals surface area contributed by atoms with E-state index in [1.807, 2.05) is 54.7 Å². The number of pyridine rings is 1. The van der Waals surface area contributed by atoms with E-state index in [9.17, 15) is 5.11 Å². The number of fused-ring (bicyclic) bond motifs is 1. The van der Waals surface area contributed by atoms with Crippen LogP contribution in [0.25, 0.3) is 95.0 Å². The third-order valence-electron chi connectivity index (χ3n) is 14.3. The van der Waals surface area contributed by atoms with Crippen molar-refractivity contribution in [3.8, 4) is 89.7 Å². The normalized spacial score (nSPS) is 12.7. The quantitative estimate of drug-likeness (QED) is 0.139. The zero-order valence-electron chi connectivity index (χ0n) is 47.1. The molecular formula is C69H66N3OPt-. The van der Waals surface area contributed by atoms with Gasteiger partial charge in [0.05, 0.1) is 22.3 Å². The maximum atomic E-state index is 12.6. The molecule has 5 heteroatoms. The van der Waals surface area contributed by atoms with E-state index in [0.29, 0.717) is 22.5 Å². The van der Waals surface area contributed by atoms with Crippen LogP contribution in [-0.4, -0.2) is 19.6 Å². The maximum absolute atomic E-state index is 12.6. The molecule has 4 nitrogen and oxygen atoms in total. The summed E-state index contributed by atoms with van der Waals surface area (Å²) in [5, 5.41) is 12.6. The predicted molar refractivity (Wildman–Crippen MR) is 308 cm³/mol. The molecule has 2 aromatic heterocycles. The van der Waals surface area contributed by atoms with E-state index in [-0.39, 0.29) is 55.0 Å². The summed E-state index contributed by atoms with van der Waals surface area (Å²) in [7, 11) is 0. The first kappa shape index (κ1) is 47.8. The van der Waals surface area contributed by atoms with Crippen LogP contribution in [0.15, 0.2) is 182 Å². The van der Waals surface area contributed by atoms with E-state index in [0.717, 1.165) is 89.2 Å². The number of aryl methyl sites for hydroxylation is 1. The minimum atomic E-state index is -2.44. The maximum Gasteiger partial charge on any atom is 0.148 e. The Morgan fingerprint density at radius 1 is 0.527 bits per heavy atom. The molecule has 0 aliphatic rings. The number of aromatic hydroxyl groups is 1. The van der Waals surface area contributed by atoms with Crippen molar-refractivity contribution in [3.63, 3.8) is 0 Å². The number of imidazole rings is 1. The van der Waals surface area contributed by atoms with Gasteiger partial charge in [-0.1, -0.05) is 214 Å². The van der Waals surface area contributed by atoms with Crippen LogP contribution in [0.1, 0.15) is 113 Å². The number of phenols is 1. The van der Waals surface area contributed by atoms with Crippen molar-refractivity contribution in [1.82, 2.24) is 14.5 Å². The molecule has 374 valence electrons. The van der Waals surface area contributed by atoms with Gasteiger partial charge in [0.2, 0.25) is 0 Å². The summed E-state index contributed by atoms with van der Waals surface area (Å²) in [5.41, 5.74) is 17.7. The molecule has 0 bridgehead atoms. The van der Waals surface area contributed by atoms with Crippen LogP contribution in [0.3, 0.4) is 0 Å². The molecule has 8 aromatic carbocycles. The number of rotatable bonds is 10. The van der Waals surface area contributed by atoms with Crippen LogP contribution < -0.4 is 0 Å². The Bertz CT molecular complexity index is 3750. The minimum Gasteiger partial charge on any atom is -0.507 e. The molecule has 0 unspecified atom stereocenters. The summed E-state index contributed by atoms with van der Waals surface area (Å²) < 4.78 is 29.1. The first-order valence-electron chi connectivity index (χ1n) is 27.1. The summed E-state index contributed by atoms with van der Waals surface area (Å²) in [6.07, 6.45) is 1.88. The van der Waals surface area contributed by atoms with Crippen LogP contribution in [0.5, 0.6) is 5.75 Å². The number of hydrogen-bond acceptors (Lipinski definition) is 3. The fraction of sp³-hybridized carbons (Fsp3) is 0.217. The number of phenolic OH excluding ortho intramolecular Hbond substituents is 1. The number of aromatic nitrogens is 3. The standard InChI is InChI=1S/C69H66N3O.Pt/c1-43(2)52-39-58(44(3)4)66(73)61(40-52)67-71-65-57(53-36-54(38-56(37-53)69(9,10)11)62-41-51(33-34-70-62)48-27-25-47(26-28-48)46-19-14-12-15-20-46)23-18-24-63(65)72(67)64-42-59(49-21-16-13-17-22-49)45(5)35-60(64)50-29-31-55(32-30-50)68(6,7)8;/h12-35,37-44,73H,1-11H3;/q-1;/i5D3;. The average Bonchev–Trinajstić information content (AvgIpc) is 3.87. The Morgan fingerprint density at radius 3 is 1.74 bits per heavy atom. The molecule has 74 heavy (non-hydrogen) atoms. The van der Waals surface area contributed by atoms with E-state index in [1.165, 1.54) is 5.56 Å². The summed E-state index contributed by atoms with van der Waals surface area (Å²) >= 11 is 0. The minimum absolute atomic E-state index is 0. The van der Waals surface area contributed by atoms with E-state index >= 15 is 0 Å². The van der Waals surface area contributed by atoms with Gasteiger partial charge in [0, 0.05) is 42.6 Å². The average molecular weight is 1150 g/mol. The molecular weight excluding hydrogens is 1080 g/mol. The van der Waals surface area contributed by atoms with Crippen molar-refractivity contribution in [3.05, 3.63) is 216 Å². The molecule has 10 rings (SSSR count). The van der Waals surface area contributed by atoms with Crippen molar-refractivity contribution in [2.75, 3.05) is 0 Å². The summed E-state index contributed by atoms with van der Waals surface area (Å²) in [4.78, 5) is 10.7. The molecule has 0 atom stereocenters. The van der Waals surface area contributed by atoms with Gasteiger partial charge in [-0.15, -0.1) is 29.3 Å². The summed E-state index contributed by atoms with van der Waals surface area (Å²) in [5.74, 6) is 0.872. The Balaban J connectivity index is 0.00000722. The molecule has 0 aliphatic carbocycles. The molecule has 2 heterocycles. The van der Waals surface area contributed by atoms with Gasteiger partial charge in [0.1, 0.15) is 11.6 Å². The fourth-order valence-electron chi connectivity index (χ4n) is 9.91. The Labute approximate surface area is 457 Å². The monoisotopic (exact) mass is 1150 g/mol. The van der Waals surface area contributed by atoms with E-state index < -0.39 is 6.85 Å². The van der Waals surface area contributed by atoms with Gasteiger partial charge in [-0.3, -0.25) is 9.55 Å². The Morgan fingerprint density at radius 2 is 1.12 bits per heavy atom. The molecule has 0 spiro atoms. The van der Waals surface area contributed by atoms with Gasteiger partial charge in [-0.25, -0.2) is 4.98 Å². The second kappa shape index (κ2) is 20.6. The first-order chi connectivity index (χ1) is 36.1. The molecule has 0 radical (unpaired) electrons. The van der Waals surface area contributed by atoms with E-state index in [2.05, 4.69) is 207 Å². The second-order valence-corrected chi connectivity index (χ2v) is 22.2. The summed E-state index contributed by atoms with van der Waals surface area (Å²) in [6, 6.07) is 64.1. The van der Waals surface area contributed by atoms with Gasteiger partial charge < -0.3 is 5.11 Å². The van der Waals surface area contributed by atoms with Crippen LogP contribution >= 0.6 is 0 Å². The van der Waals surface area contributed by atoms with Crippen molar-refractivity contribution < 1.29 is 30.3 Å². The van der Waals surface area contributed by atoms with Crippen LogP contribution in [0.2, 0.25) is 0 Å². The first-order valence-corrected chi connectivity index (χ1v) is 25.6. The van der Waals surface area contributed by atoms with Crippen molar-refractivity contribution in [2.24, 2.45) is 0 Å². The molecule has 0 aliphatic heterocycles. The zero-order chi connectivity index (χ0) is 53.8. The van der Waals surface area contributed by atoms with Gasteiger partial charge in [-0.2, -0.15) is 0 Å². The number of benzene rings is 8. The third kappa shape index (κ3) is 10.2. The van der Waals surface area contributed by atoms with Gasteiger partial charge in [-0.05, 0) is 121 Å². The second-order valence-electron chi connectivity index (χ2n) is 22.2. The molecule has 10 aromatic rings. The van der Waals surface area contributed by atoms with Crippen molar-refractivity contribution >= 4 is 11.0 Å². The van der Waals surface area contributed by atoms with Crippen LogP contribution in [-0.2, 0) is 31.9 Å². The van der Waals surface area contributed by atoms with E-state index in [1.54, 1.807) is 0 Å². The Kier molecular flexibility index (Phi) is 13.3. The number of hydrogen-bond donors (Lipinski definition) is 1. The number of para-hydroxylation sites is 1. The fourth-order valence-corrected chi connectivity index (χ4v) is 9.91. The van der Waals surface area contributed by atoms with Crippen LogP contribution in [0, 0.1) is 12.9 Å². The van der Waals surface area contributed by atoms with Crippen molar-refractivity contribution in [1.29, 1.82) is 0 Å². The summed E-state index contributed by atoms with van der Waals surface area (Å²) in [6.45, 7) is 19.3. The van der Waals surface area contributed by atoms with Crippen molar-refractivity contribution in [2.45, 2.75) is 98.8 Å². The van der Waals surface area contributed by atoms with Gasteiger partial charge in [0.25, 0.3) is 0 Å². The molecule has 0 saturated carbocycles. The zero-order valence-corrected chi connectivity index (χ0v) is 46.4. The predicted octanol–water partition coefficient (Wildman–Crippen LogP) is 18.7. The van der Waals surface area contributed by atoms with Gasteiger partial charge >= 0.3 is 0 Å². The molecule has 0 amide bonds. The van der Waals surface area contributed by atoms with E-state index in [4.69, 9.17) is 14.1 Å². The molecule has 0 fully saturated rings. The van der Waals surface area contributed by atoms with Crippen LogP contribution in [0.4, 0.5) is 0 Å². The SMILES string of the molecule is [2H]C([2H])([2H])c1cc(-c2ccc(C(C)(C)C)cc2)c(-n2c(-c3cc(C(C)C)cc(C(C)C)c3O)nc3c(-c4[c-]c(-c5cc(-c6ccc(-c7ccccc7)cc6)ccn5)cc(C(C)(C)C)c4)cccc32)cc1-c1ccccc1.[Pt]. The third-order valence-corrected chi connectivity index (χ3v) is 14.3. The Hall–Kier alpha value is -7.13.